The van der Waals surface area contributed by atoms with Crippen LogP contribution in [0.25, 0.3) is 0 Å². The summed E-state index contributed by atoms with van der Waals surface area (Å²) in [5, 5.41) is 3.36. The maximum absolute atomic E-state index is 4.08. The molecule has 1 N–H and O–H groups in total. The van der Waals surface area contributed by atoms with E-state index in [9.17, 15) is 0 Å². The van der Waals surface area contributed by atoms with E-state index in [-0.39, 0.29) is 0 Å². The average Bonchev–Trinajstić information content (AvgIpc) is 2.90. The minimum absolute atomic E-state index is 0.329. The van der Waals surface area contributed by atoms with Crippen molar-refractivity contribution < 1.29 is 0 Å². The van der Waals surface area contributed by atoms with E-state index in [1.807, 2.05) is 25.8 Å². The summed E-state index contributed by atoms with van der Waals surface area (Å²) in [4.78, 5) is 4.08. The number of benzene rings is 1. The number of nitrogens with one attached hydrogen (secondary N) is 1. The number of imidazole rings is 1. The smallest absolute Gasteiger partial charge is 0.0946 e. The summed E-state index contributed by atoms with van der Waals surface area (Å²) in [6.45, 7) is 3.12. The molecular formula is C15H21N3. The van der Waals surface area contributed by atoms with Crippen LogP contribution in [0.3, 0.4) is 0 Å². The Bertz CT molecular complexity index is 445. The van der Waals surface area contributed by atoms with Gasteiger partial charge in [0.25, 0.3) is 0 Å². The summed E-state index contributed by atoms with van der Waals surface area (Å²) in [7, 11) is 2.00. The quantitative estimate of drug-likeness (QED) is 0.845. The molecule has 0 bridgehead atoms. The lowest BCUT2D eigenvalue weighted by Gasteiger charge is -2.17. The predicted molar refractivity (Wildman–Crippen MR) is 74.5 cm³/mol. The molecule has 1 unspecified atom stereocenters. The molecule has 0 fully saturated rings. The SMILES string of the molecule is CCCc1ccc(C(Cn2ccnc2)NC)cc1. The van der Waals surface area contributed by atoms with Crippen LogP contribution in [-0.2, 0) is 13.0 Å². The average molecular weight is 243 g/mol. The first-order valence-electron chi connectivity index (χ1n) is 6.55. The second kappa shape index (κ2) is 6.36. The van der Waals surface area contributed by atoms with Gasteiger partial charge in [-0.1, -0.05) is 37.6 Å². The van der Waals surface area contributed by atoms with Crippen LogP contribution < -0.4 is 5.32 Å². The predicted octanol–water partition coefficient (Wildman–Crippen LogP) is 2.80. The van der Waals surface area contributed by atoms with Crippen LogP contribution in [0, 0.1) is 0 Å². The van der Waals surface area contributed by atoms with Gasteiger partial charge in [0.1, 0.15) is 0 Å². The molecule has 2 aromatic rings. The van der Waals surface area contributed by atoms with E-state index >= 15 is 0 Å². The monoisotopic (exact) mass is 243 g/mol. The highest BCUT2D eigenvalue weighted by Crippen LogP contribution is 2.16. The Morgan fingerprint density at radius 3 is 2.61 bits per heavy atom. The Kier molecular flexibility index (Phi) is 4.53. The lowest BCUT2D eigenvalue weighted by atomic mass is 10.0. The molecule has 0 aliphatic carbocycles. The largest absolute Gasteiger partial charge is 0.336 e. The third kappa shape index (κ3) is 3.20. The van der Waals surface area contributed by atoms with Crippen LogP contribution in [0.2, 0.25) is 0 Å². The molecule has 0 aliphatic heterocycles. The second-order valence-electron chi connectivity index (χ2n) is 4.59. The van der Waals surface area contributed by atoms with Crippen molar-refractivity contribution in [2.45, 2.75) is 32.4 Å². The van der Waals surface area contributed by atoms with Crippen LogP contribution in [0.1, 0.15) is 30.5 Å². The van der Waals surface area contributed by atoms with E-state index < -0.39 is 0 Å². The fourth-order valence-corrected chi connectivity index (χ4v) is 2.17. The van der Waals surface area contributed by atoms with E-state index in [4.69, 9.17) is 0 Å². The second-order valence-corrected chi connectivity index (χ2v) is 4.59. The summed E-state index contributed by atoms with van der Waals surface area (Å²) in [6, 6.07) is 9.25. The fourth-order valence-electron chi connectivity index (χ4n) is 2.17. The molecule has 1 aromatic heterocycles. The third-order valence-electron chi connectivity index (χ3n) is 3.22. The molecule has 1 atom stereocenters. The van der Waals surface area contributed by atoms with Crippen LogP contribution >= 0.6 is 0 Å². The lowest BCUT2D eigenvalue weighted by molar-refractivity contribution is 0.500. The first-order valence-corrected chi connectivity index (χ1v) is 6.55. The van der Waals surface area contributed by atoms with Crippen molar-refractivity contribution in [3.63, 3.8) is 0 Å². The number of hydrogen-bond acceptors (Lipinski definition) is 2. The van der Waals surface area contributed by atoms with E-state index in [1.54, 1.807) is 0 Å². The maximum atomic E-state index is 4.08. The van der Waals surface area contributed by atoms with Crippen LogP contribution in [0.5, 0.6) is 0 Å². The zero-order valence-corrected chi connectivity index (χ0v) is 11.1. The molecule has 2 rings (SSSR count). The summed E-state index contributed by atoms with van der Waals surface area (Å²) < 4.78 is 2.10. The van der Waals surface area contributed by atoms with Crippen LogP contribution in [0.15, 0.2) is 43.0 Å². The van der Waals surface area contributed by atoms with Gasteiger partial charge in [-0.15, -0.1) is 0 Å². The molecule has 1 heterocycles. The number of nitrogens with zero attached hydrogens (tertiary/aromatic N) is 2. The number of likely N-dealkylation sites (N-methyl/N-ethyl adjacent to an activating group) is 1. The standard InChI is InChI=1S/C15H21N3/c1-3-4-13-5-7-14(8-6-13)15(16-2)11-18-10-9-17-12-18/h5-10,12,15-16H,3-4,11H2,1-2H3. The van der Waals surface area contributed by atoms with Crippen molar-refractivity contribution in [1.82, 2.24) is 14.9 Å². The Labute approximate surface area is 109 Å². The minimum atomic E-state index is 0.329. The van der Waals surface area contributed by atoms with E-state index in [0.717, 1.165) is 13.0 Å². The molecular weight excluding hydrogens is 222 g/mol. The molecule has 0 amide bonds. The van der Waals surface area contributed by atoms with Crippen molar-refractivity contribution >= 4 is 0 Å². The normalized spacial score (nSPS) is 12.6. The molecule has 0 saturated carbocycles. The summed E-state index contributed by atoms with van der Waals surface area (Å²) in [5.74, 6) is 0. The van der Waals surface area contributed by atoms with Gasteiger partial charge in [0, 0.05) is 25.0 Å². The Morgan fingerprint density at radius 1 is 1.28 bits per heavy atom. The molecule has 0 saturated heterocycles. The summed E-state index contributed by atoms with van der Waals surface area (Å²) in [6.07, 6.45) is 8.03. The number of aromatic nitrogens is 2. The molecule has 0 aliphatic rings. The van der Waals surface area contributed by atoms with Gasteiger partial charge in [0.15, 0.2) is 0 Å². The lowest BCUT2D eigenvalue weighted by Crippen LogP contribution is -2.21. The summed E-state index contributed by atoms with van der Waals surface area (Å²) in [5.41, 5.74) is 2.74. The zero-order chi connectivity index (χ0) is 12.8. The van der Waals surface area contributed by atoms with Crippen LogP contribution in [-0.4, -0.2) is 16.6 Å². The van der Waals surface area contributed by atoms with Gasteiger partial charge in [-0.05, 0) is 24.6 Å². The highest BCUT2D eigenvalue weighted by Gasteiger charge is 2.09. The molecule has 0 spiro atoms. The van der Waals surface area contributed by atoms with Crippen molar-refractivity contribution in [3.8, 4) is 0 Å². The van der Waals surface area contributed by atoms with Crippen molar-refractivity contribution in [2.24, 2.45) is 0 Å². The van der Waals surface area contributed by atoms with Gasteiger partial charge in [0.2, 0.25) is 0 Å². The van der Waals surface area contributed by atoms with Crippen LogP contribution in [0.4, 0.5) is 0 Å². The molecule has 0 radical (unpaired) electrons. The van der Waals surface area contributed by atoms with E-state index in [2.05, 4.69) is 46.1 Å². The maximum Gasteiger partial charge on any atom is 0.0946 e. The first-order chi connectivity index (χ1) is 8.83. The van der Waals surface area contributed by atoms with Gasteiger partial charge in [-0.2, -0.15) is 0 Å². The van der Waals surface area contributed by atoms with E-state index in [0.29, 0.717) is 6.04 Å². The molecule has 3 nitrogen and oxygen atoms in total. The van der Waals surface area contributed by atoms with Crippen molar-refractivity contribution in [3.05, 3.63) is 54.1 Å². The topological polar surface area (TPSA) is 29.9 Å². The number of hydrogen-bond donors (Lipinski definition) is 1. The summed E-state index contributed by atoms with van der Waals surface area (Å²) >= 11 is 0. The highest BCUT2D eigenvalue weighted by molar-refractivity contribution is 5.25. The van der Waals surface area contributed by atoms with Crippen molar-refractivity contribution in [2.75, 3.05) is 7.05 Å². The van der Waals surface area contributed by atoms with Gasteiger partial charge < -0.3 is 9.88 Å². The molecule has 18 heavy (non-hydrogen) atoms. The minimum Gasteiger partial charge on any atom is -0.336 e. The highest BCUT2D eigenvalue weighted by atomic mass is 15.1. The Morgan fingerprint density at radius 2 is 2.06 bits per heavy atom. The van der Waals surface area contributed by atoms with Gasteiger partial charge in [-0.3, -0.25) is 0 Å². The Hall–Kier alpha value is -1.61. The molecule has 1 aromatic carbocycles. The van der Waals surface area contributed by atoms with Crippen molar-refractivity contribution in [1.29, 1.82) is 0 Å². The van der Waals surface area contributed by atoms with Gasteiger partial charge in [-0.25, -0.2) is 4.98 Å². The number of aryl methyl sites for hydroxylation is 1. The van der Waals surface area contributed by atoms with Gasteiger partial charge >= 0.3 is 0 Å². The fraction of sp³-hybridized carbons (Fsp3) is 0.400. The third-order valence-corrected chi connectivity index (χ3v) is 3.22. The first kappa shape index (κ1) is 12.8. The zero-order valence-electron chi connectivity index (χ0n) is 11.1. The Balaban J connectivity index is 2.07. The molecule has 3 heteroatoms. The molecule has 96 valence electrons. The van der Waals surface area contributed by atoms with E-state index in [1.165, 1.54) is 17.5 Å². The van der Waals surface area contributed by atoms with Gasteiger partial charge in [0.05, 0.1) is 6.33 Å². The number of rotatable bonds is 6.